The number of ether oxygens (including phenoxy) is 1. The highest BCUT2D eigenvalue weighted by Crippen LogP contribution is 2.24. The molecule has 1 saturated heterocycles. The number of halogens is 2. The van der Waals surface area contributed by atoms with Crippen molar-refractivity contribution in [1.82, 2.24) is 4.90 Å². The Balaban J connectivity index is 1.99. The van der Waals surface area contributed by atoms with Crippen LogP contribution in [0.5, 0.6) is 0 Å². The highest BCUT2D eigenvalue weighted by atomic mass is 35.5. The lowest BCUT2D eigenvalue weighted by molar-refractivity contribution is -0.134. The Morgan fingerprint density at radius 1 is 1.45 bits per heavy atom. The zero-order valence-electron chi connectivity index (χ0n) is 13.0. The molecule has 1 atom stereocenters. The van der Waals surface area contributed by atoms with Crippen LogP contribution >= 0.6 is 11.6 Å². The Hall–Kier alpha value is -1.13. The van der Waals surface area contributed by atoms with Crippen molar-refractivity contribution in [1.29, 1.82) is 0 Å². The number of carbonyl (C=O) groups excluding carboxylic acids is 1. The first-order chi connectivity index (χ1) is 10.6. The van der Waals surface area contributed by atoms with E-state index in [0.29, 0.717) is 10.6 Å². The average Bonchev–Trinajstić information content (AvgIpc) is 2.51. The molecule has 2 rings (SSSR count). The number of methoxy groups -OCH3 is 1. The molecule has 0 saturated carbocycles. The Morgan fingerprint density at radius 2 is 2.27 bits per heavy atom. The minimum Gasteiger partial charge on any atom is -0.385 e. The highest BCUT2D eigenvalue weighted by molar-refractivity contribution is 6.31. The second kappa shape index (κ2) is 8.49. The molecule has 1 aromatic carbocycles. The third-order valence-corrected chi connectivity index (χ3v) is 4.54. The van der Waals surface area contributed by atoms with Gasteiger partial charge in [-0.25, -0.2) is 4.39 Å². The molecule has 1 aliphatic heterocycles. The summed E-state index contributed by atoms with van der Waals surface area (Å²) in [6.07, 6.45) is 5.42. The van der Waals surface area contributed by atoms with Gasteiger partial charge in [-0.15, -0.1) is 0 Å². The molecule has 0 unspecified atom stereocenters. The van der Waals surface area contributed by atoms with E-state index in [1.165, 1.54) is 18.6 Å². The van der Waals surface area contributed by atoms with Crippen molar-refractivity contribution >= 4 is 17.5 Å². The summed E-state index contributed by atoms with van der Waals surface area (Å²) in [7, 11) is 1.69. The Bertz CT molecular complexity index is 509. The molecule has 1 fully saturated rings. The number of nitrogens with zero attached hydrogens (tertiary/aromatic N) is 1. The maximum absolute atomic E-state index is 13.1. The molecule has 5 heteroatoms. The number of amides is 1. The van der Waals surface area contributed by atoms with Gasteiger partial charge in [0, 0.05) is 31.3 Å². The lowest BCUT2D eigenvalue weighted by atomic mass is 9.97. The largest absolute Gasteiger partial charge is 0.385 e. The predicted molar refractivity (Wildman–Crippen MR) is 85.6 cm³/mol. The quantitative estimate of drug-likeness (QED) is 0.743. The first-order valence-corrected chi connectivity index (χ1v) is 8.22. The van der Waals surface area contributed by atoms with Gasteiger partial charge in [0.1, 0.15) is 5.82 Å². The van der Waals surface area contributed by atoms with Crippen molar-refractivity contribution in [2.75, 3.05) is 20.3 Å². The minimum absolute atomic E-state index is 0.0793. The standard InChI is InChI=1S/C17H23ClFNO2/c1-22-10-4-6-15-5-2-3-9-20(15)17(21)11-13-7-8-14(19)12-16(13)18/h7-8,12,15H,2-6,9-11H2,1H3/t15-/m0/s1. The zero-order chi connectivity index (χ0) is 15.9. The van der Waals surface area contributed by atoms with Gasteiger partial charge in [-0.05, 0) is 49.8 Å². The van der Waals surface area contributed by atoms with E-state index >= 15 is 0 Å². The molecule has 1 aliphatic rings. The van der Waals surface area contributed by atoms with Crippen LogP contribution in [0.1, 0.15) is 37.7 Å². The molecule has 1 amide bonds. The fourth-order valence-corrected chi connectivity index (χ4v) is 3.26. The number of carbonyl (C=O) groups is 1. The summed E-state index contributed by atoms with van der Waals surface area (Å²) in [6, 6.07) is 4.49. The molecule has 0 spiro atoms. The summed E-state index contributed by atoms with van der Waals surface area (Å²) >= 11 is 6.02. The second-order valence-electron chi connectivity index (χ2n) is 5.78. The highest BCUT2D eigenvalue weighted by Gasteiger charge is 2.26. The van der Waals surface area contributed by atoms with Crippen molar-refractivity contribution in [3.63, 3.8) is 0 Å². The lowest BCUT2D eigenvalue weighted by Gasteiger charge is -2.36. The van der Waals surface area contributed by atoms with Gasteiger partial charge >= 0.3 is 0 Å². The molecular weight excluding hydrogens is 305 g/mol. The molecule has 0 bridgehead atoms. The van der Waals surface area contributed by atoms with Crippen molar-refractivity contribution in [2.24, 2.45) is 0 Å². The molecule has 1 aromatic rings. The second-order valence-corrected chi connectivity index (χ2v) is 6.19. The van der Waals surface area contributed by atoms with E-state index in [-0.39, 0.29) is 24.2 Å². The fourth-order valence-electron chi connectivity index (χ4n) is 3.02. The maximum atomic E-state index is 13.1. The van der Waals surface area contributed by atoms with E-state index in [1.54, 1.807) is 13.2 Å². The Kier molecular flexibility index (Phi) is 6.65. The van der Waals surface area contributed by atoms with Gasteiger partial charge < -0.3 is 9.64 Å². The van der Waals surface area contributed by atoms with Crippen LogP contribution in [0.3, 0.4) is 0 Å². The summed E-state index contributed by atoms with van der Waals surface area (Å²) in [5.41, 5.74) is 0.689. The first kappa shape index (κ1) is 17.2. The Labute approximate surface area is 136 Å². The molecule has 0 aliphatic carbocycles. The van der Waals surface area contributed by atoms with E-state index in [2.05, 4.69) is 0 Å². The predicted octanol–water partition coefficient (Wildman–Crippen LogP) is 3.83. The van der Waals surface area contributed by atoms with Crippen LogP contribution in [0.4, 0.5) is 4.39 Å². The Morgan fingerprint density at radius 3 is 3.00 bits per heavy atom. The first-order valence-electron chi connectivity index (χ1n) is 7.84. The number of likely N-dealkylation sites (tertiary alicyclic amines) is 1. The number of piperidine rings is 1. The fraction of sp³-hybridized carbons (Fsp3) is 0.588. The average molecular weight is 328 g/mol. The van der Waals surface area contributed by atoms with Gasteiger partial charge in [0.25, 0.3) is 0 Å². The topological polar surface area (TPSA) is 29.5 Å². The van der Waals surface area contributed by atoms with Crippen LogP contribution in [0.2, 0.25) is 5.02 Å². The number of hydrogen-bond donors (Lipinski definition) is 0. The summed E-state index contributed by atoms with van der Waals surface area (Å²) in [4.78, 5) is 14.6. The molecule has 0 N–H and O–H groups in total. The van der Waals surface area contributed by atoms with Crippen LogP contribution < -0.4 is 0 Å². The molecule has 1 heterocycles. The number of hydrogen-bond acceptors (Lipinski definition) is 2. The third-order valence-electron chi connectivity index (χ3n) is 4.19. The van der Waals surface area contributed by atoms with E-state index in [4.69, 9.17) is 16.3 Å². The molecule has 122 valence electrons. The molecule has 0 aromatic heterocycles. The summed E-state index contributed by atoms with van der Waals surface area (Å²) in [5, 5.41) is 0.321. The number of benzene rings is 1. The summed E-state index contributed by atoms with van der Waals surface area (Å²) in [6.45, 7) is 1.53. The lowest BCUT2D eigenvalue weighted by Crippen LogP contribution is -2.44. The molecular formula is C17H23ClFNO2. The minimum atomic E-state index is -0.378. The van der Waals surface area contributed by atoms with Crippen LogP contribution in [-0.2, 0) is 16.0 Å². The van der Waals surface area contributed by atoms with E-state index in [0.717, 1.165) is 38.8 Å². The van der Waals surface area contributed by atoms with Gasteiger partial charge in [0.2, 0.25) is 5.91 Å². The van der Waals surface area contributed by atoms with Crippen molar-refractivity contribution in [3.8, 4) is 0 Å². The summed E-state index contributed by atoms with van der Waals surface area (Å²) < 4.78 is 18.2. The SMILES string of the molecule is COCCC[C@@H]1CCCCN1C(=O)Cc1ccc(F)cc1Cl. The van der Waals surface area contributed by atoms with Crippen LogP contribution in [-0.4, -0.2) is 37.1 Å². The van der Waals surface area contributed by atoms with Crippen LogP contribution in [0, 0.1) is 5.82 Å². The van der Waals surface area contributed by atoms with Crippen LogP contribution in [0.15, 0.2) is 18.2 Å². The van der Waals surface area contributed by atoms with Crippen molar-refractivity contribution in [2.45, 2.75) is 44.6 Å². The van der Waals surface area contributed by atoms with Gasteiger partial charge in [-0.2, -0.15) is 0 Å². The maximum Gasteiger partial charge on any atom is 0.227 e. The van der Waals surface area contributed by atoms with Gasteiger partial charge in [-0.3, -0.25) is 4.79 Å². The monoisotopic (exact) mass is 327 g/mol. The zero-order valence-corrected chi connectivity index (χ0v) is 13.7. The van der Waals surface area contributed by atoms with E-state index in [1.807, 2.05) is 4.90 Å². The third kappa shape index (κ3) is 4.68. The van der Waals surface area contributed by atoms with Gasteiger partial charge in [-0.1, -0.05) is 17.7 Å². The summed E-state index contributed by atoms with van der Waals surface area (Å²) in [5.74, 6) is -0.299. The van der Waals surface area contributed by atoms with E-state index in [9.17, 15) is 9.18 Å². The van der Waals surface area contributed by atoms with Crippen LogP contribution in [0.25, 0.3) is 0 Å². The smallest absolute Gasteiger partial charge is 0.227 e. The molecule has 22 heavy (non-hydrogen) atoms. The van der Waals surface area contributed by atoms with Crippen molar-refractivity contribution in [3.05, 3.63) is 34.6 Å². The van der Waals surface area contributed by atoms with Crippen molar-refractivity contribution < 1.29 is 13.9 Å². The van der Waals surface area contributed by atoms with Gasteiger partial charge in [0.05, 0.1) is 6.42 Å². The normalized spacial score (nSPS) is 18.5. The molecule has 0 radical (unpaired) electrons. The number of rotatable bonds is 6. The van der Waals surface area contributed by atoms with Gasteiger partial charge in [0.15, 0.2) is 0 Å². The molecule has 3 nitrogen and oxygen atoms in total. The van der Waals surface area contributed by atoms with E-state index < -0.39 is 0 Å².